The largest absolute Gasteiger partial charge is 0.496 e. The van der Waals surface area contributed by atoms with Crippen LogP contribution in [0.1, 0.15) is 133 Å². The molecule has 0 bridgehead atoms. The van der Waals surface area contributed by atoms with Crippen molar-refractivity contribution in [3.63, 3.8) is 0 Å². The van der Waals surface area contributed by atoms with Crippen molar-refractivity contribution in [3.05, 3.63) is 238 Å². The maximum absolute atomic E-state index is 12.6. The number of benzene rings is 9. The van der Waals surface area contributed by atoms with Gasteiger partial charge in [-0.2, -0.15) is 0 Å². The zero-order valence-electron chi connectivity index (χ0n) is 61.8. The first-order valence-corrected chi connectivity index (χ1v) is 33.6. The third-order valence-electron chi connectivity index (χ3n) is 16.6. The van der Waals surface area contributed by atoms with Crippen molar-refractivity contribution in [3.8, 4) is 46.0 Å². The lowest BCUT2D eigenvalue weighted by molar-refractivity contribution is 0.0687. The lowest BCUT2D eigenvalue weighted by Gasteiger charge is -2.20. The molecule has 568 valence electrons. The van der Waals surface area contributed by atoms with Crippen molar-refractivity contribution in [2.75, 3.05) is 90.0 Å². The number of nitrogens with two attached hydrogens (primary N) is 3. The molecule has 0 saturated carbocycles. The van der Waals surface area contributed by atoms with Gasteiger partial charge in [-0.05, 0) is 170 Å². The Morgan fingerprint density at radius 1 is 0.380 bits per heavy atom. The molecular weight excluding hydrogens is 1390 g/mol. The van der Waals surface area contributed by atoms with Gasteiger partial charge in [0.2, 0.25) is 11.5 Å². The number of amides is 6. The smallest absolute Gasteiger partial charge is 0.408 e. The Hall–Kier alpha value is -13.5. The highest BCUT2D eigenvalue weighted by molar-refractivity contribution is 6.07. The SMILES string of the molecule is CC[C@H](NC(=O)OCc1cc(OC)c(C(=O)O)c(OC)c1)c1ccc(C(=O)Nc2ccccc2N)cc1.COc1cc(COC(=O)N[C@@H](C)c2ccc(C(=O)Nc3ccccc3N)cc2)cc(OC)c1OC.COc1cc([C@H](C)OC(=O)N[C@@H](C)c2ccc(C(=O)Nc3ccccc3N)cc2)cc(OC)c1OC. The summed E-state index contributed by atoms with van der Waals surface area (Å²) in [6, 6.07) is 50.5. The quantitative estimate of drug-likeness (QED) is 0.0161. The summed E-state index contributed by atoms with van der Waals surface area (Å²) in [5, 5.41) is 26.1. The molecule has 0 aliphatic heterocycles. The number of hydrogen-bond donors (Lipinski definition) is 10. The molecule has 0 radical (unpaired) electrons. The minimum absolute atomic E-state index is 0.0109. The fourth-order valence-electron chi connectivity index (χ4n) is 10.7. The van der Waals surface area contributed by atoms with Gasteiger partial charge in [0.1, 0.15) is 36.4 Å². The van der Waals surface area contributed by atoms with E-state index >= 15 is 0 Å². The van der Waals surface area contributed by atoms with Crippen molar-refractivity contribution in [2.24, 2.45) is 0 Å². The van der Waals surface area contributed by atoms with Gasteiger partial charge in [-0.25, -0.2) is 19.2 Å². The van der Waals surface area contributed by atoms with E-state index in [4.69, 9.17) is 69.3 Å². The topological polar surface area (TPSA) is 391 Å². The van der Waals surface area contributed by atoms with E-state index in [1.807, 2.05) is 20.8 Å². The van der Waals surface area contributed by atoms with Crippen molar-refractivity contribution < 1.29 is 90.8 Å². The van der Waals surface area contributed by atoms with E-state index < -0.39 is 30.4 Å². The number of rotatable bonds is 28. The number of carbonyl (C=O) groups is 7. The van der Waals surface area contributed by atoms with E-state index in [2.05, 4.69) is 31.9 Å². The summed E-state index contributed by atoms with van der Waals surface area (Å²) in [5.41, 5.74) is 26.2. The fourth-order valence-corrected chi connectivity index (χ4v) is 10.7. The minimum atomic E-state index is -1.20. The summed E-state index contributed by atoms with van der Waals surface area (Å²) in [6.07, 6.45) is -1.84. The number of nitrogens with one attached hydrogen (secondary N) is 6. The van der Waals surface area contributed by atoms with Crippen LogP contribution in [0.5, 0.6) is 46.0 Å². The maximum Gasteiger partial charge on any atom is 0.408 e. The van der Waals surface area contributed by atoms with Crippen molar-refractivity contribution in [1.82, 2.24) is 16.0 Å². The first kappa shape index (κ1) is 81.8. The van der Waals surface area contributed by atoms with E-state index in [0.717, 1.165) is 16.7 Å². The van der Waals surface area contributed by atoms with Gasteiger partial charge < -0.3 is 106 Å². The third-order valence-corrected chi connectivity index (χ3v) is 16.6. The predicted octanol–water partition coefficient (Wildman–Crippen LogP) is 14.2. The van der Waals surface area contributed by atoms with Gasteiger partial charge in [0.15, 0.2) is 23.0 Å². The first-order valence-electron chi connectivity index (χ1n) is 33.6. The molecule has 0 aromatic heterocycles. The number of carboxylic acid groups (broad SMARTS) is 1. The molecule has 0 spiro atoms. The number of para-hydroxylation sites is 6. The van der Waals surface area contributed by atoms with Gasteiger partial charge in [-0.3, -0.25) is 14.4 Å². The molecule has 0 aliphatic carbocycles. The first-order chi connectivity index (χ1) is 51.9. The predicted molar refractivity (Wildman–Crippen MR) is 409 cm³/mol. The molecule has 13 N–H and O–H groups in total. The number of alkyl carbamates (subject to hydrolysis) is 3. The molecule has 9 aromatic rings. The summed E-state index contributed by atoms with van der Waals surface area (Å²) in [6.45, 7) is 7.18. The molecule has 0 heterocycles. The molecule has 0 unspecified atom stereocenters. The summed E-state index contributed by atoms with van der Waals surface area (Å²) in [4.78, 5) is 86.5. The van der Waals surface area contributed by atoms with Gasteiger partial charge in [-0.15, -0.1) is 0 Å². The maximum atomic E-state index is 12.6. The van der Waals surface area contributed by atoms with Crippen LogP contribution < -0.4 is 87.0 Å². The van der Waals surface area contributed by atoms with Gasteiger partial charge in [-0.1, -0.05) is 79.7 Å². The van der Waals surface area contributed by atoms with Gasteiger partial charge in [0.05, 0.1) is 109 Å². The number of anilines is 6. The minimum Gasteiger partial charge on any atom is -0.496 e. The number of nitrogen functional groups attached to an aromatic ring is 3. The van der Waals surface area contributed by atoms with Gasteiger partial charge in [0, 0.05) is 16.7 Å². The van der Waals surface area contributed by atoms with Crippen LogP contribution in [0, 0.1) is 0 Å². The highest BCUT2D eigenvalue weighted by Crippen LogP contribution is 2.41. The van der Waals surface area contributed by atoms with Crippen LogP contribution in [0.4, 0.5) is 48.5 Å². The second-order valence-electron chi connectivity index (χ2n) is 23.7. The molecule has 0 fully saturated rings. The molecule has 108 heavy (non-hydrogen) atoms. The van der Waals surface area contributed by atoms with Crippen LogP contribution in [0.2, 0.25) is 0 Å². The Morgan fingerprint density at radius 2 is 0.694 bits per heavy atom. The summed E-state index contributed by atoms with van der Waals surface area (Å²) in [7, 11) is 11.8. The lowest BCUT2D eigenvalue weighted by Crippen LogP contribution is -2.28. The Bertz CT molecular complexity index is 4500. The van der Waals surface area contributed by atoms with Crippen molar-refractivity contribution in [2.45, 2.75) is 71.6 Å². The fraction of sp³-hybridized carbons (Fsp3) is 0.237. The second-order valence-corrected chi connectivity index (χ2v) is 23.7. The average Bonchev–Trinajstić information content (AvgIpc) is 0.824. The molecule has 28 heteroatoms. The Balaban J connectivity index is 0.000000226. The molecule has 9 aromatic carbocycles. The summed E-state index contributed by atoms with van der Waals surface area (Å²) >= 11 is 0. The van der Waals surface area contributed by atoms with E-state index in [9.17, 15) is 38.7 Å². The molecule has 4 atom stereocenters. The van der Waals surface area contributed by atoms with Crippen LogP contribution in [0.3, 0.4) is 0 Å². The highest BCUT2D eigenvalue weighted by atomic mass is 16.6. The number of methoxy groups -OCH3 is 8. The number of aromatic carboxylic acids is 1. The molecule has 9 rings (SSSR count). The number of hydrogen-bond acceptors (Lipinski definition) is 21. The summed E-state index contributed by atoms with van der Waals surface area (Å²) in [5.74, 6) is 0.926. The van der Waals surface area contributed by atoms with Crippen LogP contribution in [-0.2, 0) is 27.4 Å². The number of carbonyl (C=O) groups excluding carboxylic acids is 6. The average molecular weight is 1480 g/mol. The van der Waals surface area contributed by atoms with Gasteiger partial charge in [0.25, 0.3) is 17.7 Å². The zero-order chi connectivity index (χ0) is 78.6. The van der Waals surface area contributed by atoms with Crippen LogP contribution in [-0.4, -0.2) is 104 Å². The lowest BCUT2D eigenvalue weighted by atomic mass is 10.0. The standard InChI is InChI=1S/C27H29N3O7.C27H31N3O6.C26H29N3O6/c1-4-20(17-9-11-18(12-10-17)25(31)29-21-8-6-5-7-19(21)28)30-27(34)37-15-16-13-22(35-2)24(26(32)33)23(14-16)36-3;1-16(18-10-12-19(13-11-18)26(31)30-22-9-7-6-8-21(22)28)29-27(32)36-17(2)20-14-23(33-3)25(35-5)24(15-20)34-4;1-16(18-9-11-19(12-10-18)25(30)29-21-8-6-5-7-20(21)27)28-26(31)35-15-17-13-22(32-2)24(34-4)23(14-17)33-3/h5-14,20H,4,15,28H2,1-3H3,(H,29,31)(H,30,34)(H,32,33);6-17H,28H2,1-5H3,(H,29,32)(H,30,31);5-14,16H,15,27H2,1-4H3,(H,28,31)(H,29,30)/t20-;16-,17-;16-/m000/s1. The molecule has 0 saturated heterocycles. The van der Waals surface area contributed by atoms with Crippen LogP contribution in [0.15, 0.2) is 182 Å². The molecule has 28 nitrogen and oxygen atoms in total. The number of ether oxygens (including phenoxy) is 11. The Kier molecular flexibility index (Phi) is 30.2. The van der Waals surface area contributed by atoms with Gasteiger partial charge >= 0.3 is 24.2 Å². The van der Waals surface area contributed by atoms with Crippen LogP contribution >= 0.6 is 0 Å². The van der Waals surface area contributed by atoms with E-state index in [-0.39, 0.29) is 66.1 Å². The Labute approximate surface area is 625 Å². The summed E-state index contributed by atoms with van der Waals surface area (Å²) < 4.78 is 58.6. The third kappa shape index (κ3) is 22.5. The zero-order valence-corrected chi connectivity index (χ0v) is 61.8. The monoisotopic (exact) mass is 1480 g/mol. The molecule has 6 amide bonds. The van der Waals surface area contributed by atoms with E-state index in [1.54, 1.807) is 177 Å². The molecular formula is C80H89N9O19. The molecule has 0 aliphatic rings. The Morgan fingerprint density at radius 3 is 1.02 bits per heavy atom. The highest BCUT2D eigenvalue weighted by Gasteiger charge is 2.24. The van der Waals surface area contributed by atoms with Crippen molar-refractivity contribution >= 4 is 76.1 Å². The van der Waals surface area contributed by atoms with Crippen molar-refractivity contribution in [1.29, 1.82) is 0 Å². The van der Waals surface area contributed by atoms with E-state index in [0.29, 0.717) is 108 Å². The number of carboxylic acids is 1. The second kappa shape index (κ2) is 39.9. The normalized spacial score (nSPS) is 11.5. The van der Waals surface area contributed by atoms with Crippen LogP contribution in [0.25, 0.3) is 0 Å². The van der Waals surface area contributed by atoms with E-state index in [1.165, 1.54) is 69.0 Å².